The number of hydroxylamine groups is 2. The lowest BCUT2D eigenvalue weighted by molar-refractivity contribution is -0.108. The van der Waals surface area contributed by atoms with Crippen molar-refractivity contribution in [3.63, 3.8) is 0 Å². The summed E-state index contributed by atoms with van der Waals surface area (Å²) in [5.41, 5.74) is 0. The van der Waals surface area contributed by atoms with Crippen LogP contribution in [-0.2, 0) is 0 Å². The Balaban J connectivity index is 2.17. The zero-order valence-electron chi connectivity index (χ0n) is 7.38. The van der Waals surface area contributed by atoms with Crippen molar-refractivity contribution >= 4 is 0 Å². The zero-order chi connectivity index (χ0) is 8.27. The van der Waals surface area contributed by atoms with E-state index in [0.717, 1.165) is 25.9 Å². The van der Waals surface area contributed by atoms with Crippen molar-refractivity contribution in [1.82, 2.24) is 10.4 Å². The first-order chi connectivity index (χ1) is 5.18. The SMILES string of the molecule is CC(C)NC1CCN(O)CC1. The lowest BCUT2D eigenvalue weighted by atomic mass is 10.1. The van der Waals surface area contributed by atoms with E-state index < -0.39 is 0 Å². The van der Waals surface area contributed by atoms with Crippen LogP contribution in [0.4, 0.5) is 0 Å². The third-order valence-electron chi connectivity index (χ3n) is 2.04. The lowest BCUT2D eigenvalue weighted by Crippen LogP contribution is -2.43. The first-order valence-corrected chi connectivity index (χ1v) is 4.38. The molecule has 0 aromatic heterocycles. The van der Waals surface area contributed by atoms with Gasteiger partial charge in [-0.05, 0) is 12.8 Å². The predicted octanol–water partition coefficient (Wildman–Crippen LogP) is 0.838. The number of piperidine rings is 1. The maximum atomic E-state index is 9.07. The van der Waals surface area contributed by atoms with E-state index >= 15 is 0 Å². The van der Waals surface area contributed by atoms with E-state index in [1.54, 1.807) is 0 Å². The summed E-state index contributed by atoms with van der Waals surface area (Å²) >= 11 is 0. The predicted molar refractivity (Wildman–Crippen MR) is 44.7 cm³/mol. The van der Waals surface area contributed by atoms with Gasteiger partial charge in [0.15, 0.2) is 0 Å². The van der Waals surface area contributed by atoms with Gasteiger partial charge in [-0.2, -0.15) is 5.06 Å². The third kappa shape index (κ3) is 3.18. The summed E-state index contributed by atoms with van der Waals surface area (Å²) in [5, 5.41) is 13.9. The summed E-state index contributed by atoms with van der Waals surface area (Å²) in [4.78, 5) is 0. The smallest absolute Gasteiger partial charge is 0.0253 e. The summed E-state index contributed by atoms with van der Waals surface area (Å²) in [6.45, 7) is 5.94. The molecular weight excluding hydrogens is 140 g/mol. The molecule has 1 heterocycles. The van der Waals surface area contributed by atoms with E-state index in [2.05, 4.69) is 19.2 Å². The number of nitrogens with one attached hydrogen (secondary N) is 1. The molecule has 0 aliphatic carbocycles. The molecule has 0 radical (unpaired) electrons. The molecule has 0 bridgehead atoms. The van der Waals surface area contributed by atoms with Crippen LogP contribution in [0.3, 0.4) is 0 Å². The summed E-state index contributed by atoms with van der Waals surface area (Å²) in [5.74, 6) is 0. The van der Waals surface area contributed by atoms with Gasteiger partial charge >= 0.3 is 0 Å². The van der Waals surface area contributed by atoms with Gasteiger partial charge in [0, 0.05) is 25.2 Å². The van der Waals surface area contributed by atoms with Crippen molar-refractivity contribution in [1.29, 1.82) is 0 Å². The fourth-order valence-electron chi connectivity index (χ4n) is 1.50. The Hall–Kier alpha value is -0.120. The van der Waals surface area contributed by atoms with Crippen LogP contribution in [0.1, 0.15) is 26.7 Å². The van der Waals surface area contributed by atoms with Gasteiger partial charge in [-0.25, -0.2) is 0 Å². The van der Waals surface area contributed by atoms with Gasteiger partial charge in [-0.1, -0.05) is 13.8 Å². The molecule has 1 saturated heterocycles. The minimum absolute atomic E-state index is 0.560. The highest BCUT2D eigenvalue weighted by Gasteiger charge is 2.17. The highest BCUT2D eigenvalue weighted by atomic mass is 16.5. The lowest BCUT2D eigenvalue weighted by Gasteiger charge is -2.29. The topological polar surface area (TPSA) is 35.5 Å². The first-order valence-electron chi connectivity index (χ1n) is 4.38. The molecule has 3 nitrogen and oxygen atoms in total. The maximum Gasteiger partial charge on any atom is 0.0253 e. The Labute approximate surface area is 68.3 Å². The molecule has 0 saturated carbocycles. The molecule has 0 aromatic carbocycles. The molecule has 66 valence electrons. The minimum Gasteiger partial charge on any atom is -0.314 e. The summed E-state index contributed by atoms with van der Waals surface area (Å²) in [6, 6.07) is 1.17. The van der Waals surface area contributed by atoms with Crippen LogP contribution in [0.15, 0.2) is 0 Å². The average molecular weight is 158 g/mol. The number of hydrogen-bond acceptors (Lipinski definition) is 3. The minimum atomic E-state index is 0.560. The van der Waals surface area contributed by atoms with E-state index in [4.69, 9.17) is 5.21 Å². The molecule has 11 heavy (non-hydrogen) atoms. The van der Waals surface area contributed by atoms with Crippen LogP contribution in [0.25, 0.3) is 0 Å². The average Bonchev–Trinajstić information content (AvgIpc) is 1.93. The molecule has 2 N–H and O–H groups in total. The van der Waals surface area contributed by atoms with Gasteiger partial charge in [0.2, 0.25) is 0 Å². The van der Waals surface area contributed by atoms with Crippen molar-refractivity contribution in [3.8, 4) is 0 Å². The van der Waals surface area contributed by atoms with Gasteiger partial charge in [0.25, 0.3) is 0 Å². The normalized spacial score (nSPS) is 22.9. The monoisotopic (exact) mass is 158 g/mol. The second-order valence-corrected chi connectivity index (χ2v) is 3.55. The second kappa shape index (κ2) is 4.04. The quantitative estimate of drug-likeness (QED) is 0.625. The molecule has 0 atom stereocenters. The zero-order valence-corrected chi connectivity index (χ0v) is 7.38. The van der Waals surface area contributed by atoms with Crippen LogP contribution >= 0.6 is 0 Å². The molecule has 1 aliphatic heterocycles. The van der Waals surface area contributed by atoms with Crippen molar-refractivity contribution in [2.45, 2.75) is 38.8 Å². The van der Waals surface area contributed by atoms with Gasteiger partial charge in [-0.15, -0.1) is 0 Å². The summed E-state index contributed by atoms with van der Waals surface area (Å²) in [7, 11) is 0. The van der Waals surface area contributed by atoms with E-state index in [0.29, 0.717) is 12.1 Å². The molecule has 1 rings (SSSR count). The van der Waals surface area contributed by atoms with E-state index in [9.17, 15) is 0 Å². The molecule has 0 aromatic rings. The van der Waals surface area contributed by atoms with E-state index in [-0.39, 0.29) is 0 Å². The van der Waals surface area contributed by atoms with Crippen molar-refractivity contribution in [3.05, 3.63) is 0 Å². The Morgan fingerprint density at radius 2 is 1.91 bits per heavy atom. The van der Waals surface area contributed by atoms with Crippen LogP contribution in [0, 0.1) is 0 Å². The molecular formula is C8H18N2O. The number of hydrogen-bond donors (Lipinski definition) is 2. The van der Waals surface area contributed by atoms with Gasteiger partial charge in [0.05, 0.1) is 0 Å². The Morgan fingerprint density at radius 1 is 1.36 bits per heavy atom. The van der Waals surface area contributed by atoms with Crippen LogP contribution in [0.2, 0.25) is 0 Å². The fourth-order valence-corrected chi connectivity index (χ4v) is 1.50. The van der Waals surface area contributed by atoms with Crippen molar-refractivity contribution < 1.29 is 5.21 Å². The van der Waals surface area contributed by atoms with Crippen molar-refractivity contribution in [2.24, 2.45) is 0 Å². The second-order valence-electron chi connectivity index (χ2n) is 3.55. The number of rotatable bonds is 2. The Kier molecular flexibility index (Phi) is 3.30. The highest BCUT2D eigenvalue weighted by molar-refractivity contribution is 4.74. The fraction of sp³-hybridized carbons (Fsp3) is 1.00. The number of nitrogens with zero attached hydrogens (tertiary/aromatic N) is 1. The van der Waals surface area contributed by atoms with Gasteiger partial charge in [-0.3, -0.25) is 0 Å². The Bertz CT molecular complexity index is 109. The summed E-state index contributed by atoms with van der Waals surface area (Å²) in [6.07, 6.45) is 2.13. The van der Waals surface area contributed by atoms with Gasteiger partial charge < -0.3 is 10.5 Å². The largest absolute Gasteiger partial charge is 0.314 e. The molecule has 1 fully saturated rings. The molecule has 0 unspecified atom stereocenters. The highest BCUT2D eigenvalue weighted by Crippen LogP contribution is 2.08. The summed E-state index contributed by atoms with van der Waals surface area (Å²) < 4.78 is 0. The molecule has 3 heteroatoms. The van der Waals surface area contributed by atoms with Crippen molar-refractivity contribution in [2.75, 3.05) is 13.1 Å². The standard InChI is InChI=1S/C8H18N2O/c1-7(2)9-8-3-5-10(11)6-4-8/h7-9,11H,3-6H2,1-2H3. The van der Waals surface area contributed by atoms with Crippen LogP contribution < -0.4 is 5.32 Å². The molecule has 0 spiro atoms. The van der Waals surface area contributed by atoms with Crippen LogP contribution in [-0.4, -0.2) is 35.4 Å². The molecule has 0 amide bonds. The Morgan fingerprint density at radius 3 is 2.36 bits per heavy atom. The molecule has 1 aliphatic rings. The van der Waals surface area contributed by atoms with Crippen LogP contribution in [0.5, 0.6) is 0 Å². The van der Waals surface area contributed by atoms with E-state index in [1.165, 1.54) is 5.06 Å². The first kappa shape index (κ1) is 8.97. The van der Waals surface area contributed by atoms with E-state index in [1.807, 2.05) is 0 Å². The third-order valence-corrected chi connectivity index (χ3v) is 2.04. The van der Waals surface area contributed by atoms with Gasteiger partial charge in [0.1, 0.15) is 0 Å². The maximum absolute atomic E-state index is 9.07.